The first-order valence-corrected chi connectivity index (χ1v) is 31.5. The standard InChI is InChI=1S/C63H122O6/c1-4-7-10-13-16-19-22-24-26-28-29-30-31-32-33-34-35-36-38-39-41-44-47-50-53-56-62(65)68-59-60(58-67-61(64)55-52-49-46-43-21-18-15-12-9-6-3)69-63(66)57-54-51-48-45-42-40-37-27-25-23-20-17-14-11-8-5-2/h60H,4-59H2,1-3H3. The van der Waals surface area contributed by atoms with E-state index in [9.17, 15) is 14.4 Å². The van der Waals surface area contributed by atoms with Gasteiger partial charge in [0.1, 0.15) is 13.2 Å². The van der Waals surface area contributed by atoms with Gasteiger partial charge in [-0.2, -0.15) is 0 Å². The summed E-state index contributed by atoms with van der Waals surface area (Å²) < 4.78 is 16.9. The Morgan fingerprint density at radius 1 is 0.232 bits per heavy atom. The number of esters is 3. The molecule has 0 N–H and O–H groups in total. The molecule has 0 rings (SSSR count). The van der Waals surface area contributed by atoms with Crippen molar-refractivity contribution in [2.75, 3.05) is 13.2 Å². The molecule has 0 radical (unpaired) electrons. The molecule has 0 aromatic rings. The highest BCUT2D eigenvalue weighted by molar-refractivity contribution is 5.71. The molecule has 0 saturated heterocycles. The molecule has 0 aliphatic heterocycles. The van der Waals surface area contributed by atoms with Crippen LogP contribution in [0, 0.1) is 0 Å². The highest BCUT2D eigenvalue weighted by Gasteiger charge is 2.19. The van der Waals surface area contributed by atoms with E-state index in [1.54, 1.807) is 0 Å². The molecule has 0 bridgehead atoms. The van der Waals surface area contributed by atoms with E-state index in [4.69, 9.17) is 14.2 Å². The predicted octanol–water partition coefficient (Wildman–Crippen LogP) is 21.1. The van der Waals surface area contributed by atoms with Gasteiger partial charge in [0.15, 0.2) is 6.10 Å². The highest BCUT2D eigenvalue weighted by atomic mass is 16.6. The van der Waals surface area contributed by atoms with Crippen LogP contribution in [0.2, 0.25) is 0 Å². The van der Waals surface area contributed by atoms with Gasteiger partial charge in [0.2, 0.25) is 0 Å². The fourth-order valence-electron chi connectivity index (χ4n) is 9.86. The van der Waals surface area contributed by atoms with Gasteiger partial charge < -0.3 is 14.2 Å². The summed E-state index contributed by atoms with van der Waals surface area (Å²) in [6.07, 6.45) is 66.9. The van der Waals surface area contributed by atoms with E-state index in [0.717, 1.165) is 57.8 Å². The Hall–Kier alpha value is -1.59. The quantitative estimate of drug-likeness (QED) is 0.0343. The minimum absolute atomic E-state index is 0.0610. The molecule has 0 aliphatic carbocycles. The number of ether oxygens (including phenoxy) is 3. The maximum Gasteiger partial charge on any atom is 0.306 e. The van der Waals surface area contributed by atoms with Crippen LogP contribution in [0.3, 0.4) is 0 Å². The van der Waals surface area contributed by atoms with Crippen LogP contribution in [0.1, 0.15) is 367 Å². The molecule has 0 aliphatic rings. The molecular weight excluding hydrogens is 853 g/mol. The van der Waals surface area contributed by atoms with Gasteiger partial charge in [-0.15, -0.1) is 0 Å². The van der Waals surface area contributed by atoms with Gasteiger partial charge in [-0.3, -0.25) is 14.4 Å². The smallest absolute Gasteiger partial charge is 0.306 e. The average Bonchev–Trinajstić information content (AvgIpc) is 3.35. The number of carbonyl (C=O) groups is 3. The third-order valence-electron chi connectivity index (χ3n) is 14.6. The summed E-state index contributed by atoms with van der Waals surface area (Å²) >= 11 is 0. The molecule has 0 heterocycles. The molecule has 1 unspecified atom stereocenters. The normalized spacial score (nSPS) is 11.9. The maximum atomic E-state index is 12.9. The molecule has 410 valence electrons. The van der Waals surface area contributed by atoms with Crippen LogP contribution >= 0.6 is 0 Å². The topological polar surface area (TPSA) is 78.9 Å². The second-order valence-corrected chi connectivity index (χ2v) is 21.7. The van der Waals surface area contributed by atoms with Crippen LogP contribution < -0.4 is 0 Å². The summed E-state index contributed by atoms with van der Waals surface area (Å²) in [6, 6.07) is 0. The van der Waals surface area contributed by atoms with E-state index >= 15 is 0 Å². The summed E-state index contributed by atoms with van der Waals surface area (Å²) in [5, 5.41) is 0. The van der Waals surface area contributed by atoms with Gasteiger partial charge in [-0.25, -0.2) is 0 Å². The van der Waals surface area contributed by atoms with Crippen molar-refractivity contribution in [3.05, 3.63) is 0 Å². The largest absolute Gasteiger partial charge is 0.462 e. The monoisotopic (exact) mass is 975 g/mol. The van der Waals surface area contributed by atoms with E-state index in [2.05, 4.69) is 20.8 Å². The van der Waals surface area contributed by atoms with Crippen molar-refractivity contribution in [3.8, 4) is 0 Å². The van der Waals surface area contributed by atoms with E-state index in [0.29, 0.717) is 19.3 Å². The first-order chi connectivity index (χ1) is 34.0. The molecule has 69 heavy (non-hydrogen) atoms. The molecule has 6 heteroatoms. The zero-order valence-electron chi connectivity index (χ0n) is 47.1. The van der Waals surface area contributed by atoms with Crippen LogP contribution in [0.25, 0.3) is 0 Å². The first kappa shape index (κ1) is 67.4. The Morgan fingerprint density at radius 2 is 0.391 bits per heavy atom. The summed E-state index contributed by atoms with van der Waals surface area (Å²) in [4.78, 5) is 38.1. The summed E-state index contributed by atoms with van der Waals surface area (Å²) in [7, 11) is 0. The van der Waals surface area contributed by atoms with Crippen LogP contribution in [-0.2, 0) is 28.6 Å². The van der Waals surface area contributed by atoms with Crippen LogP contribution in [0.15, 0.2) is 0 Å². The van der Waals surface area contributed by atoms with Crippen molar-refractivity contribution in [2.24, 2.45) is 0 Å². The van der Waals surface area contributed by atoms with Gasteiger partial charge in [0.05, 0.1) is 0 Å². The Labute approximate surface area is 431 Å². The Balaban J connectivity index is 4.12. The molecule has 0 amide bonds. The van der Waals surface area contributed by atoms with Gasteiger partial charge in [-0.1, -0.05) is 329 Å². The number of hydrogen-bond acceptors (Lipinski definition) is 6. The number of unbranched alkanes of at least 4 members (excludes halogenated alkanes) is 48. The molecule has 0 aromatic heterocycles. The Kier molecular flexibility index (Phi) is 57.6. The third-order valence-corrected chi connectivity index (χ3v) is 14.6. The van der Waals surface area contributed by atoms with Crippen molar-refractivity contribution in [1.82, 2.24) is 0 Å². The summed E-state index contributed by atoms with van der Waals surface area (Å²) in [6.45, 7) is 6.71. The zero-order chi connectivity index (χ0) is 50.0. The van der Waals surface area contributed by atoms with Crippen LogP contribution in [-0.4, -0.2) is 37.2 Å². The van der Waals surface area contributed by atoms with E-state index in [1.165, 1.54) is 270 Å². The fraction of sp³-hybridized carbons (Fsp3) is 0.952. The van der Waals surface area contributed by atoms with Gasteiger partial charge >= 0.3 is 17.9 Å². The van der Waals surface area contributed by atoms with Gasteiger partial charge in [0.25, 0.3) is 0 Å². The Bertz CT molecular complexity index is 1030. The van der Waals surface area contributed by atoms with E-state index in [-0.39, 0.29) is 31.1 Å². The highest BCUT2D eigenvalue weighted by Crippen LogP contribution is 2.18. The molecule has 1 atom stereocenters. The van der Waals surface area contributed by atoms with Crippen LogP contribution in [0.4, 0.5) is 0 Å². The molecule has 0 aromatic carbocycles. The molecule has 0 saturated carbocycles. The summed E-state index contributed by atoms with van der Waals surface area (Å²) in [5.74, 6) is -0.831. The third kappa shape index (κ3) is 57.2. The first-order valence-electron chi connectivity index (χ1n) is 31.5. The maximum absolute atomic E-state index is 12.9. The summed E-state index contributed by atoms with van der Waals surface area (Å²) in [5.41, 5.74) is 0. The molecular formula is C63H122O6. The molecule has 0 fully saturated rings. The van der Waals surface area contributed by atoms with Crippen LogP contribution in [0.5, 0.6) is 0 Å². The van der Waals surface area contributed by atoms with E-state index < -0.39 is 6.10 Å². The second-order valence-electron chi connectivity index (χ2n) is 21.7. The Morgan fingerprint density at radius 3 is 0.580 bits per heavy atom. The van der Waals surface area contributed by atoms with Crippen molar-refractivity contribution < 1.29 is 28.6 Å². The average molecular weight is 976 g/mol. The van der Waals surface area contributed by atoms with Crippen molar-refractivity contribution in [2.45, 2.75) is 374 Å². The van der Waals surface area contributed by atoms with Gasteiger partial charge in [-0.05, 0) is 19.3 Å². The lowest BCUT2D eigenvalue weighted by atomic mass is 10.0. The predicted molar refractivity (Wildman–Crippen MR) is 298 cm³/mol. The molecule has 0 spiro atoms. The number of carbonyl (C=O) groups excluding carboxylic acids is 3. The van der Waals surface area contributed by atoms with Crippen molar-refractivity contribution in [3.63, 3.8) is 0 Å². The minimum atomic E-state index is -0.761. The van der Waals surface area contributed by atoms with Crippen molar-refractivity contribution >= 4 is 17.9 Å². The lowest BCUT2D eigenvalue weighted by molar-refractivity contribution is -0.167. The lowest BCUT2D eigenvalue weighted by Gasteiger charge is -2.18. The fourth-order valence-corrected chi connectivity index (χ4v) is 9.86. The second kappa shape index (κ2) is 59.0. The van der Waals surface area contributed by atoms with E-state index in [1.807, 2.05) is 0 Å². The zero-order valence-corrected chi connectivity index (χ0v) is 47.1. The van der Waals surface area contributed by atoms with Gasteiger partial charge in [0, 0.05) is 19.3 Å². The number of rotatable bonds is 59. The minimum Gasteiger partial charge on any atom is -0.462 e. The SMILES string of the molecule is CCCCCCCCCCCCCCCCCCCCCCCCCCCC(=O)OCC(COC(=O)CCCCCCCCCCCC)OC(=O)CCCCCCCCCCCCCCCCCC. The lowest BCUT2D eigenvalue weighted by Crippen LogP contribution is -2.30. The molecule has 6 nitrogen and oxygen atoms in total. The van der Waals surface area contributed by atoms with Crippen molar-refractivity contribution in [1.29, 1.82) is 0 Å². The number of hydrogen-bond donors (Lipinski definition) is 0.